The molecular weight excluding hydrogens is 318 g/mol. The van der Waals surface area contributed by atoms with Gasteiger partial charge in [0.05, 0.1) is 5.69 Å². The van der Waals surface area contributed by atoms with Gasteiger partial charge in [0, 0.05) is 36.8 Å². The van der Waals surface area contributed by atoms with Gasteiger partial charge in [-0.3, -0.25) is 14.1 Å². The van der Waals surface area contributed by atoms with Gasteiger partial charge in [0.2, 0.25) is 0 Å². The number of fused-ring (bicyclic) bond motifs is 1. The fourth-order valence-electron chi connectivity index (χ4n) is 2.91. The van der Waals surface area contributed by atoms with E-state index in [2.05, 4.69) is 48.0 Å². The molecule has 3 aromatic rings. The Balaban J connectivity index is 1.85. The van der Waals surface area contributed by atoms with Crippen LogP contribution in [0.2, 0.25) is 0 Å². The highest BCUT2D eigenvalue weighted by molar-refractivity contribution is 7.16. The Morgan fingerprint density at radius 2 is 1.96 bits per heavy atom. The molecule has 0 fully saturated rings. The minimum Gasteiger partial charge on any atom is -0.293 e. The molecule has 0 unspecified atom stereocenters. The molecule has 5 heteroatoms. The van der Waals surface area contributed by atoms with Gasteiger partial charge in [-0.25, -0.2) is 4.98 Å². The van der Waals surface area contributed by atoms with Crippen molar-refractivity contribution in [2.24, 2.45) is 5.92 Å². The molecule has 0 N–H and O–H groups in total. The van der Waals surface area contributed by atoms with Crippen LogP contribution in [0.25, 0.3) is 4.96 Å². The zero-order chi connectivity index (χ0) is 17.1. The monoisotopic (exact) mass is 341 g/mol. The van der Waals surface area contributed by atoms with Crippen molar-refractivity contribution in [1.82, 2.24) is 14.3 Å². The summed E-state index contributed by atoms with van der Waals surface area (Å²) in [5.74, 6) is 0.558. The molecule has 0 spiro atoms. The first-order chi connectivity index (χ1) is 11.5. The van der Waals surface area contributed by atoms with Gasteiger partial charge in [-0.05, 0) is 18.4 Å². The maximum Gasteiger partial charge on any atom is 0.258 e. The van der Waals surface area contributed by atoms with Crippen molar-refractivity contribution in [3.8, 4) is 0 Å². The van der Waals surface area contributed by atoms with E-state index < -0.39 is 0 Å². The Hall–Kier alpha value is -1.98. The van der Waals surface area contributed by atoms with E-state index in [1.807, 2.05) is 19.2 Å². The standard InChI is InChI=1S/C19H23N3OS/c1-14(2)10-21(12-16-7-5-4-6-8-16)13-17-9-18(23)22-11-15(3)24-19(22)20-17/h4-9,11,14H,10,12-13H2,1-3H3. The topological polar surface area (TPSA) is 37.6 Å². The first-order valence-corrected chi connectivity index (χ1v) is 9.08. The maximum atomic E-state index is 12.3. The Bertz CT molecular complexity index is 867. The quantitative estimate of drug-likeness (QED) is 0.686. The third kappa shape index (κ3) is 4.10. The van der Waals surface area contributed by atoms with Gasteiger partial charge in [-0.1, -0.05) is 44.2 Å². The van der Waals surface area contributed by atoms with Gasteiger partial charge in [0.25, 0.3) is 5.56 Å². The molecule has 2 aromatic heterocycles. The molecule has 0 bridgehead atoms. The predicted octanol–water partition coefficient (Wildman–Crippen LogP) is 3.72. The summed E-state index contributed by atoms with van der Waals surface area (Å²) in [6, 6.07) is 12.1. The van der Waals surface area contributed by atoms with Crippen molar-refractivity contribution in [3.05, 3.63) is 69.1 Å². The maximum absolute atomic E-state index is 12.3. The van der Waals surface area contributed by atoms with E-state index in [0.29, 0.717) is 12.5 Å². The van der Waals surface area contributed by atoms with E-state index in [1.54, 1.807) is 21.8 Å². The summed E-state index contributed by atoms with van der Waals surface area (Å²) in [6.45, 7) is 8.95. The van der Waals surface area contributed by atoms with E-state index in [0.717, 1.165) is 28.6 Å². The van der Waals surface area contributed by atoms with Gasteiger partial charge in [-0.2, -0.15) is 0 Å². The summed E-state index contributed by atoms with van der Waals surface area (Å²) in [7, 11) is 0. The van der Waals surface area contributed by atoms with E-state index in [1.165, 1.54) is 5.56 Å². The number of benzene rings is 1. The molecule has 0 aliphatic heterocycles. The lowest BCUT2D eigenvalue weighted by atomic mass is 10.1. The second-order valence-electron chi connectivity index (χ2n) is 6.63. The summed E-state index contributed by atoms with van der Waals surface area (Å²) in [6.07, 6.45) is 1.86. The Morgan fingerprint density at radius 3 is 2.67 bits per heavy atom. The van der Waals surface area contributed by atoms with Crippen LogP contribution in [0.1, 0.15) is 30.0 Å². The average Bonchev–Trinajstić information content (AvgIpc) is 2.88. The van der Waals surface area contributed by atoms with Crippen LogP contribution < -0.4 is 5.56 Å². The van der Waals surface area contributed by atoms with Crippen LogP contribution in [0.3, 0.4) is 0 Å². The van der Waals surface area contributed by atoms with Gasteiger partial charge >= 0.3 is 0 Å². The second kappa shape index (κ2) is 7.28. The number of aryl methyl sites for hydroxylation is 1. The van der Waals surface area contributed by atoms with Crippen LogP contribution in [0, 0.1) is 12.8 Å². The molecule has 0 saturated heterocycles. The van der Waals surface area contributed by atoms with Crippen LogP contribution in [0.5, 0.6) is 0 Å². The normalized spacial score (nSPS) is 11.7. The van der Waals surface area contributed by atoms with Gasteiger partial charge in [0.15, 0.2) is 4.96 Å². The van der Waals surface area contributed by atoms with Crippen molar-refractivity contribution in [2.45, 2.75) is 33.9 Å². The Kier molecular flexibility index (Phi) is 5.11. The number of hydrogen-bond acceptors (Lipinski definition) is 4. The van der Waals surface area contributed by atoms with Gasteiger partial charge < -0.3 is 0 Å². The zero-order valence-corrected chi connectivity index (χ0v) is 15.2. The molecule has 0 radical (unpaired) electrons. The highest BCUT2D eigenvalue weighted by Crippen LogP contribution is 2.15. The fourth-order valence-corrected chi connectivity index (χ4v) is 3.76. The van der Waals surface area contributed by atoms with E-state index in [-0.39, 0.29) is 5.56 Å². The lowest BCUT2D eigenvalue weighted by Crippen LogP contribution is -2.28. The van der Waals surface area contributed by atoms with Crippen LogP contribution in [0.15, 0.2) is 47.4 Å². The summed E-state index contributed by atoms with van der Waals surface area (Å²) in [4.78, 5) is 21.2. The number of hydrogen-bond donors (Lipinski definition) is 0. The molecule has 0 aliphatic rings. The highest BCUT2D eigenvalue weighted by atomic mass is 32.1. The molecule has 24 heavy (non-hydrogen) atoms. The van der Waals surface area contributed by atoms with E-state index >= 15 is 0 Å². The third-order valence-corrected chi connectivity index (χ3v) is 4.69. The predicted molar refractivity (Wildman–Crippen MR) is 99.5 cm³/mol. The molecule has 4 nitrogen and oxygen atoms in total. The lowest BCUT2D eigenvalue weighted by molar-refractivity contribution is 0.225. The molecule has 0 saturated carbocycles. The lowest BCUT2D eigenvalue weighted by Gasteiger charge is -2.24. The third-order valence-electron chi connectivity index (χ3n) is 3.79. The minimum absolute atomic E-state index is 0.00329. The molecule has 0 aliphatic carbocycles. The molecule has 2 heterocycles. The zero-order valence-electron chi connectivity index (χ0n) is 14.4. The first kappa shape index (κ1) is 16.9. The smallest absolute Gasteiger partial charge is 0.258 e. The van der Waals surface area contributed by atoms with E-state index in [4.69, 9.17) is 0 Å². The fraction of sp³-hybridized carbons (Fsp3) is 0.368. The average molecular weight is 341 g/mol. The van der Waals surface area contributed by atoms with Crippen LogP contribution in [-0.2, 0) is 13.1 Å². The van der Waals surface area contributed by atoms with Crippen molar-refractivity contribution in [3.63, 3.8) is 0 Å². The summed E-state index contributed by atoms with van der Waals surface area (Å²) in [5.41, 5.74) is 2.13. The molecular formula is C19H23N3OS. The first-order valence-electron chi connectivity index (χ1n) is 8.26. The number of aromatic nitrogens is 2. The van der Waals surface area contributed by atoms with Crippen LogP contribution >= 0.6 is 11.3 Å². The van der Waals surface area contributed by atoms with Crippen molar-refractivity contribution >= 4 is 16.3 Å². The Labute approximate surface area is 146 Å². The SMILES string of the molecule is Cc1cn2c(=O)cc(CN(Cc3ccccc3)CC(C)C)nc2s1. The summed E-state index contributed by atoms with van der Waals surface area (Å²) < 4.78 is 1.63. The summed E-state index contributed by atoms with van der Waals surface area (Å²) in [5, 5.41) is 0. The van der Waals surface area contributed by atoms with Crippen molar-refractivity contribution in [2.75, 3.05) is 6.54 Å². The molecule has 0 atom stereocenters. The van der Waals surface area contributed by atoms with Gasteiger partial charge in [-0.15, -0.1) is 11.3 Å². The number of thiazole rings is 1. The van der Waals surface area contributed by atoms with Crippen LogP contribution in [0.4, 0.5) is 0 Å². The molecule has 0 amide bonds. The Morgan fingerprint density at radius 1 is 1.21 bits per heavy atom. The highest BCUT2D eigenvalue weighted by Gasteiger charge is 2.12. The van der Waals surface area contributed by atoms with Gasteiger partial charge in [0.1, 0.15) is 0 Å². The number of rotatable bonds is 6. The summed E-state index contributed by atoms with van der Waals surface area (Å²) >= 11 is 1.56. The minimum atomic E-state index is 0.00329. The molecule has 1 aromatic carbocycles. The number of nitrogens with zero attached hydrogens (tertiary/aromatic N) is 3. The van der Waals surface area contributed by atoms with Crippen molar-refractivity contribution in [1.29, 1.82) is 0 Å². The van der Waals surface area contributed by atoms with Crippen LogP contribution in [-0.4, -0.2) is 20.8 Å². The van der Waals surface area contributed by atoms with Crippen molar-refractivity contribution < 1.29 is 0 Å². The molecule has 126 valence electrons. The largest absolute Gasteiger partial charge is 0.293 e. The molecule has 3 rings (SSSR count). The second-order valence-corrected chi connectivity index (χ2v) is 7.84. The van der Waals surface area contributed by atoms with E-state index in [9.17, 15) is 4.79 Å².